The minimum atomic E-state index is -3.32. The first-order valence-electron chi connectivity index (χ1n) is 2.87. The quantitative estimate of drug-likeness (QED) is 0.715. The maximum atomic E-state index is 10.9. The number of primary amides is 1. The Bertz CT molecular complexity index is 406. The molecule has 0 radical (unpaired) electrons. The van der Waals surface area contributed by atoms with Crippen molar-refractivity contribution in [3.8, 4) is 0 Å². The predicted octanol–water partition coefficient (Wildman–Crippen LogP) is -0.354. The summed E-state index contributed by atoms with van der Waals surface area (Å²) < 4.78 is 21.6. The van der Waals surface area contributed by atoms with Gasteiger partial charge in [-0.05, 0) is 0 Å². The number of carbonyl (C=O) groups is 1. The molecule has 12 heavy (non-hydrogen) atoms. The van der Waals surface area contributed by atoms with Gasteiger partial charge in [0.25, 0.3) is 5.91 Å². The van der Waals surface area contributed by atoms with E-state index in [4.69, 9.17) is 5.73 Å². The molecule has 5 nitrogen and oxygen atoms in total. The van der Waals surface area contributed by atoms with Crippen molar-refractivity contribution in [2.45, 2.75) is 4.34 Å². The van der Waals surface area contributed by atoms with Crippen LogP contribution in [-0.2, 0) is 9.84 Å². The van der Waals surface area contributed by atoms with E-state index in [-0.39, 0.29) is 9.22 Å². The van der Waals surface area contributed by atoms with Crippen LogP contribution in [0.5, 0.6) is 0 Å². The third-order valence-electron chi connectivity index (χ3n) is 1.04. The van der Waals surface area contributed by atoms with Crippen LogP contribution in [0.25, 0.3) is 0 Å². The molecule has 0 aliphatic heterocycles. The monoisotopic (exact) mass is 206 g/mol. The minimum Gasteiger partial charge on any atom is -0.365 e. The Hall–Kier alpha value is -0.950. The van der Waals surface area contributed by atoms with Gasteiger partial charge in [0.2, 0.25) is 14.2 Å². The number of carbonyl (C=O) groups excluding carboxylic acids is 1. The van der Waals surface area contributed by atoms with Gasteiger partial charge in [-0.25, -0.2) is 13.4 Å². The van der Waals surface area contributed by atoms with Crippen LogP contribution in [0.4, 0.5) is 0 Å². The van der Waals surface area contributed by atoms with E-state index in [9.17, 15) is 13.2 Å². The highest BCUT2D eigenvalue weighted by atomic mass is 32.2. The molecule has 0 spiro atoms. The molecule has 0 bridgehead atoms. The molecule has 0 saturated heterocycles. The number of amides is 1. The number of nitrogens with zero attached hydrogens (tertiary/aromatic N) is 1. The third kappa shape index (κ3) is 1.80. The number of hydrogen-bond donors (Lipinski definition) is 1. The third-order valence-corrected chi connectivity index (χ3v) is 3.75. The summed E-state index contributed by atoms with van der Waals surface area (Å²) >= 11 is 0.774. The molecular weight excluding hydrogens is 200 g/mol. The van der Waals surface area contributed by atoms with E-state index in [2.05, 4.69) is 4.98 Å². The maximum Gasteiger partial charge on any atom is 0.260 e. The van der Waals surface area contributed by atoms with Gasteiger partial charge >= 0.3 is 0 Å². The van der Waals surface area contributed by atoms with Gasteiger partial charge in [-0.15, -0.1) is 0 Å². The van der Waals surface area contributed by atoms with Gasteiger partial charge in [0.05, 0.1) is 6.20 Å². The van der Waals surface area contributed by atoms with E-state index in [1.165, 1.54) is 0 Å². The summed E-state index contributed by atoms with van der Waals surface area (Å²) in [6, 6.07) is 0. The standard InChI is InChI=1S/C5H6N2O3S2/c1-12(9,10)5-7-2-3(11-5)4(6)8/h2H,1H3,(H2,6,8). The smallest absolute Gasteiger partial charge is 0.260 e. The van der Waals surface area contributed by atoms with Gasteiger partial charge in [-0.2, -0.15) is 0 Å². The van der Waals surface area contributed by atoms with Gasteiger partial charge in [-0.1, -0.05) is 11.3 Å². The zero-order valence-electron chi connectivity index (χ0n) is 6.14. The van der Waals surface area contributed by atoms with E-state index in [0.717, 1.165) is 23.8 Å². The summed E-state index contributed by atoms with van der Waals surface area (Å²) in [5.74, 6) is -0.664. The number of sulfone groups is 1. The van der Waals surface area contributed by atoms with Crippen LogP contribution in [-0.4, -0.2) is 25.6 Å². The van der Waals surface area contributed by atoms with Crippen LogP contribution >= 0.6 is 11.3 Å². The second-order valence-electron chi connectivity index (χ2n) is 2.13. The van der Waals surface area contributed by atoms with Gasteiger partial charge in [0.1, 0.15) is 4.88 Å². The van der Waals surface area contributed by atoms with E-state index in [1.807, 2.05) is 0 Å². The second kappa shape index (κ2) is 2.83. The molecular formula is C5H6N2O3S2. The fourth-order valence-corrected chi connectivity index (χ4v) is 2.16. The molecule has 66 valence electrons. The molecule has 0 aliphatic carbocycles. The van der Waals surface area contributed by atoms with Crippen molar-refractivity contribution < 1.29 is 13.2 Å². The number of hydrogen-bond acceptors (Lipinski definition) is 5. The van der Waals surface area contributed by atoms with Crippen molar-refractivity contribution in [2.75, 3.05) is 6.26 Å². The van der Waals surface area contributed by atoms with Crippen molar-refractivity contribution in [2.24, 2.45) is 5.73 Å². The van der Waals surface area contributed by atoms with E-state index in [0.29, 0.717) is 0 Å². The average Bonchev–Trinajstić information content (AvgIpc) is 2.30. The largest absolute Gasteiger partial charge is 0.365 e. The maximum absolute atomic E-state index is 10.9. The molecule has 1 aromatic rings. The van der Waals surface area contributed by atoms with Crippen molar-refractivity contribution in [1.29, 1.82) is 0 Å². The van der Waals surface area contributed by atoms with Crippen LogP contribution < -0.4 is 5.73 Å². The fourth-order valence-electron chi connectivity index (χ4n) is 0.543. The zero-order valence-corrected chi connectivity index (χ0v) is 7.78. The summed E-state index contributed by atoms with van der Waals surface area (Å²) in [6.07, 6.45) is 2.18. The van der Waals surface area contributed by atoms with Crippen LogP contribution in [0, 0.1) is 0 Å². The average molecular weight is 206 g/mol. The highest BCUT2D eigenvalue weighted by Gasteiger charge is 2.14. The molecule has 1 rings (SSSR count). The molecule has 1 heterocycles. The Labute approximate surface area is 73.1 Å². The Morgan fingerprint density at radius 3 is 2.50 bits per heavy atom. The Kier molecular flexibility index (Phi) is 2.16. The van der Waals surface area contributed by atoms with Crippen molar-refractivity contribution in [1.82, 2.24) is 4.98 Å². The van der Waals surface area contributed by atoms with Crippen molar-refractivity contribution >= 4 is 27.1 Å². The molecule has 7 heteroatoms. The van der Waals surface area contributed by atoms with Crippen LogP contribution in [0.1, 0.15) is 9.67 Å². The number of rotatable bonds is 2. The molecule has 0 atom stereocenters. The van der Waals surface area contributed by atoms with Crippen molar-refractivity contribution in [3.63, 3.8) is 0 Å². The highest BCUT2D eigenvalue weighted by Crippen LogP contribution is 2.16. The zero-order chi connectivity index (χ0) is 9.35. The fraction of sp³-hybridized carbons (Fsp3) is 0.200. The first-order chi connectivity index (χ1) is 5.41. The summed E-state index contributed by atoms with van der Waals surface area (Å²) in [7, 11) is -3.32. The molecule has 2 N–H and O–H groups in total. The van der Waals surface area contributed by atoms with E-state index < -0.39 is 15.7 Å². The Balaban J connectivity index is 3.17. The predicted molar refractivity (Wildman–Crippen MR) is 43.7 cm³/mol. The first kappa shape index (κ1) is 9.14. The number of thiazole rings is 1. The van der Waals surface area contributed by atoms with E-state index in [1.54, 1.807) is 0 Å². The molecule has 1 amide bonds. The van der Waals surface area contributed by atoms with Gasteiger partial charge in [-0.3, -0.25) is 4.79 Å². The van der Waals surface area contributed by atoms with E-state index >= 15 is 0 Å². The molecule has 0 saturated carbocycles. The topological polar surface area (TPSA) is 90.1 Å². The highest BCUT2D eigenvalue weighted by molar-refractivity contribution is 7.92. The Morgan fingerprint density at radius 1 is 1.67 bits per heavy atom. The lowest BCUT2D eigenvalue weighted by Gasteiger charge is -1.86. The summed E-state index contributed by atoms with van der Waals surface area (Å²) in [4.78, 5) is 14.2. The summed E-state index contributed by atoms with van der Waals surface area (Å²) in [6.45, 7) is 0. The molecule has 0 aliphatic rings. The lowest BCUT2D eigenvalue weighted by molar-refractivity contribution is 0.100. The first-order valence-corrected chi connectivity index (χ1v) is 5.58. The van der Waals surface area contributed by atoms with Crippen LogP contribution in [0.2, 0.25) is 0 Å². The number of aromatic nitrogens is 1. The molecule has 1 aromatic heterocycles. The lowest BCUT2D eigenvalue weighted by Crippen LogP contribution is -2.08. The second-order valence-corrected chi connectivity index (χ2v) is 5.35. The minimum absolute atomic E-state index is 0.0868. The van der Waals surface area contributed by atoms with Crippen LogP contribution in [0.15, 0.2) is 10.5 Å². The lowest BCUT2D eigenvalue weighted by atomic mass is 10.5. The van der Waals surface area contributed by atoms with Crippen LogP contribution in [0.3, 0.4) is 0 Å². The van der Waals surface area contributed by atoms with Gasteiger partial charge in [0, 0.05) is 6.26 Å². The molecule has 0 fully saturated rings. The number of nitrogens with two attached hydrogens (primary N) is 1. The van der Waals surface area contributed by atoms with Gasteiger partial charge < -0.3 is 5.73 Å². The summed E-state index contributed by atoms with van der Waals surface area (Å²) in [5, 5.41) is 0. The Morgan fingerprint density at radius 2 is 2.25 bits per heavy atom. The molecule has 0 aromatic carbocycles. The van der Waals surface area contributed by atoms with Gasteiger partial charge in [0.15, 0.2) is 0 Å². The molecule has 0 unspecified atom stereocenters. The normalized spacial score (nSPS) is 11.4. The van der Waals surface area contributed by atoms with Crippen molar-refractivity contribution in [3.05, 3.63) is 11.1 Å². The summed E-state index contributed by atoms with van der Waals surface area (Å²) in [5.41, 5.74) is 4.91. The SMILES string of the molecule is CS(=O)(=O)c1ncc(C(N)=O)s1.